The first-order valence-electron chi connectivity index (χ1n) is 5.63. The van der Waals surface area contributed by atoms with E-state index in [0.29, 0.717) is 6.54 Å². The van der Waals surface area contributed by atoms with E-state index in [9.17, 15) is 14.0 Å². The van der Waals surface area contributed by atoms with Gasteiger partial charge in [-0.15, -0.1) is 0 Å². The molecule has 0 aromatic heterocycles. The summed E-state index contributed by atoms with van der Waals surface area (Å²) in [6.45, 7) is 2.06. The highest BCUT2D eigenvalue weighted by Crippen LogP contribution is 2.06. The summed E-state index contributed by atoms with van der Waals surface area (Å²) in [5.74, 6) is -1.22. The molecule has 2 amide bonds. The second kappa shape index (κ2) is 6.74. The SMILES string of the molecule is CC([CH]C(=O)NCc1ccc(F)cc1)CC(N)=O. The van der Waals surface area contributed by atoms with Crippen LogP contribution in [0.1, 0.15) is 18.9 Å². The van der Waals surface area contributed by atoms with Crippen LogP contribution in [0.15, 0.2) is 24.3 Å². The molecule has 1 aromatic carbocycles. The first-order chi connectivity index (χ1) is 8.47. The number of rotatable bonds is 6. The van der Waals surface area contributed by atoms with E-state index in [-0.39, 0.29) is 24.1 Å². The monoisotopic (exact) mass is 251 g/mol. The van der Waals surface area contributed by atoms with Gasteiger partial charge in [0.1, 0.15) is 5.82 Å². The summed E-state index contributed by atoms with van der Waals surface area (Å²) in [4.78, 5) is 22.1. The molecule has 0 aliphatic carbocycles. The van der Waals surface area contributed by atoms with Crippen molar-refractivity contribution in [1.29, 1.82) is 0 Å². The molecule has 1 rings (SSSR count). The van der Waals surface area contributed by atoms with E-state index in [2.05, 4.69) is 5.32 Å². The van der Waals surface area contributed by atoms with Gasteiger partial charge in [-0.05, 0) is 23.6 Å². The van der Waals surface area contributed by atoms with Crippen LogP contribution in [-0.2, 0) is 16.1 Å². The highest BCUT2D eigenvalue weighted by Gasteiger charge is 2.11. The van der Waals surface area contributed by atoms with Gasteiger partial charge in [0.25, 0.3) is 0 Å². The van der Waals surface area contributed by atoms with Crippen LogP contribution in [-0.4, -0.2) is 11.8 Å². The molecule has 1 atom stereocenters. The average Bonchev–Trinajstić information content (AvgIpc) is 2.27. The molecule has 3 N–H and O–H groups in total. The van der Waals surface area contributed by atoms with Gasteiger partial charge in [-0.1, -0.05) is 19.1 Å². The van der Waals surface area contributed by atoms with Crippen molar-refractivity contribution in [2.75, 3.05) is 0 Å². The third-order valence-electron chi connectivity index (χ3n) is 2.34. The molecule has 0 aliphatic rings. The van der Waals surface area contributed by atoms with Crippen molar-refractivity contribution in [3.8, 4) is 0 Å². The molecule has 1 radical (unpaired) electrons. The number of nitrogens with one attached hydrogen (secondary N) is 1. The Balaban J connectivity index is 2.32. The van der Waals surface area contributed by atoms with E-state index in [0.717, 1.165) is 5.56 Å². The van der Waals surface area contributed by atoms with Crippen LogP contribution in [0.4, 0.5) is 4.39 Å². The van der Waals surface area contributed by atoms with Crippen LogP contribution in [0, 0.1) is 18.2 Å². The molecular weight excluding hydrogens is 235 g/mol. The van der Waals surface area contributed by atoms with E-state index in [1.807, 2.05) is 0 Å². The number of carbonyl (C=O) groups is 2. The Labute approximate surface area is 105 Å². The van der Waals surface area contributed by atoms with Crippen molar-refractivity contribution in [3.63, 3.8) is 0 Å². The number of carbonyl (C=O) groups excluding carboxylic acids is 2. The normalized spacial score (nSPS) is 11.9. The lowest BCUT2D eigenvalue weighted by molar-refractivity contribution is -0.119. The van der Waals surface area contributed by atoms with Crippen LogP contribution in [0.25, 0.3) is 0 Å². The quantitative estimate of drug-likeness (QED) is 0.796. The number of hydrogen-bond acceptors (Lipinski definition) is 2. The van der Waals surface area contributed by atoms with Crippen LogP contribution >= 0.6 is 0 Å². The van der Waals surface area contributed by atoms with Gasteiger partial charge >= 0.3 is 0 Å². The number of halogens is 1. The zero-order valence-corrected chi connectivity index (χ0v) is 10.2. The molecular formula is C13H16FN2O2. The molecule has 0 heterocycles. The Morgan fingerprint density at radius 1 is 1.39 bits per heavy atom. The second-order valence-corrected chi connectivity index (χ2v) is 4.16. The van der Waals surface area contributed by atoms with Gasteiger partial charge in [0.2, 0.25) is 11.8 Å². The Morgan fingerprint density at radius 2 is 2.00 bits per heavy atom. The highest BCUT2D eigenvalue weighted by molar-refractivity contribution is 5.86. The zero-order valence-electron chi connectivity index (χ0n) is 10.2. The average molecular weight is 251 g/mol. The summed E-state index contributed by atoms with van der Waals surface area (Å²) in [6.07, 6.45) is 1.55. The largest absolute Gasteiger partial charge is 0.370 e. The number of amides is 2. The molecule has 0 aliphatic heterocycles. The first-order valence-corrected chi connectivity index (χ1v) is 5.63. The summed E-state index contributed by atoms with van der Waals surface area (Å²) in [5, 5.41) is 2.65. The van der Waals surface area contributed by atoms with Crippen LogP contribution in [0.3, 0.4) is 0 Å². The Kier molecular flexibility index (Phi) is 5.30. The van der Waals surface area contributed by atoms with Gasteiger partial charge in [-0.2, -0.15) is 0 Å². The number of benzene rings is 1. The van der Waals surface area contributed by atoms with E-state index < -0.39 is 5.91 Å². The van der Waals surface area contributed by atoms with Gasteiger partial charge in [0.05, 0.1) is 6.42 Å². The van der Waals surface area contributed by atoms with Gasteiger partial charge in [-0.25, -0.2) is 4.39 Å². The van der Waals surface area contributed by atoms with Crippen LogP contribution in [0.2, 0.25) is 0 Å². The van der Waals surface area contributed by atoms with E-state index in [4.69, 9.17) is 5.73 Å². The van der Waals surface area contributed by atoms with Gasteiger partial charge in [-0.3, -0.25) is 9.59 Å². The standard InChI is InChI=1S/C13H16FN2O2/c1-9(6-12(15)17)7-13(18)16-8-10-2-4-11(14)5-3-10/h2-5,7,9H,6,8H2,1H3,(H2,15,17)(H,16,18). The maximum absolute atomic E-state index is 12.6. The molecule has 4 nitrogen and oxygen atoms in total. The lowest BCUT2D eigenvalue weighted by Crippen LogP contribution is -2.26. The highest BCUT2D eigenvalue weighted by atomic mass is 19.1. The second-order valence-electron chi connectivity index (χ2n) is 4.16. The Bertz CT molecular complexity index is 418. The third-order valence-corrected chi connectivity index (χ3v) is 2.34. The minimum Gasteiger partial charge on any atom is -0.370 e. The maximum atomic E-state index is 12.6. The zero-order chi connectivity index (χ0) is 13.5. The fourth-order valence-electron chi connectivity index (χ4n) is 1.49. The molecule has 0 saturated heterocycles. The summed E-state index contributed by atoms with van der Waals surface area (Å²) in [5.41, 5.74) is 5.83. The predicted octanol–water partition coefficient (Wildman–Crippen LogP) is 1.16. The van der Waals surface area contributed by atoms with Crippen molar-refractivity contribution in [3.05, 3.63) is 42.1 Å². The number of primary amides is 1. The fourth-order valence-corrected chi connectivity index (χ4v) is 1.49. The molecule has 97 valence electrons. The molecule has 1 unspecified atom stereocenters. The van der Waals surface area contributed by atoms with Crippen molar-refractivity contribution >= 4 is 11.8 Å². The Morgan fingerprint density at radius 3 is 2.56 bits per heavy atom. The summed E-state index contributed by atoms with van der Waals surface area (Å²) >= 11 is 0. The van der Waals surface area contributed by atoms with Crippen molar-refractivity contribution in [1.82, 2.24) is 5.32 Å². The molecule has 5 heteroatoms. The smallest absolute Gasteiger partial charge is 0.224 e. The maximum Gasteiger partial charge on any atom is 0.224 e. The lowest BCUT2D eigenvalue weighted by Gasteiger charge is -2.09. The van der Waals surface area contributed by atoms with Crippen molar-refractivity contribution in [2.45, 2.75) is 19.9 Å². The summed E-state index contributed by atoms with van der Waals surface area (Å²) < 4.78 is 12.6. The van der Waals surface area contributed by atoms with Gasteiger partial charge in [0, 0.05) is 13.0 Å². The van der Waals surface area contributed by atoms with Crippen molar-refractivity contribution < 1.29 is 14.0 Å². The molecule has 1 aromatic rings. The molecule has 18 heavy (non-hydrogen) atoms. The number of nitrogens with two attached hydrogens (primary N) is 1. The van der Waals surface area contributed by atoms with Crippen LogP contribution < -0.4 is 11.1 Å². The molecule has 0 bridgehead atoms. The van der Waals surface area contributed by atoms with Gasteiger partial charge < -0.3 is 11.1 Å². The van der Waals surface area contributed by atoms with E-state index in [1.54, 1.807) is 19.1 Å². The first kappa shape index (κ1) is 14.2. The topological polar surface area (TPSA) is 72.2 Å². The predicted molar refractivity (Wildman–Crippen MR) is 65.5 cm³/mol. The van der Waals surface area contributed by atoms with E-state index >= 15 is 0 Å². The van der Waals surface area contributed by atoms with Crippen molar-refractivity contribution in [2.24, 2.45) is 11.7 Å². The minimum atomic E-state index is -0.440. The summed E-state index contributed by atoms with van der Waals surface area (Å²) in [7, 11) is 0. The minimum absolute atomic E-state index is 0.143. The fraction of sp³-hybridized carbons (Fsp3) is 0.308. The van der Waals surface area contributed by atoms with Gasteiger partial charge in [0.15, 0.2) is 0 Å². The lowest BCUT2D eigenvalue weighted by atomic mass is 10.0. The van der Waals surface area contributed by atoms with E-state index in [1.165, 1.54) is 18.6 Å². The Hall–Kier alpha value is -1.91. The molecule has 0 spiro atoms. The molecule has 0 saturated carbocycles. The number of hydrogen-bond donors (Lipinski definition) is 2. The van der Waals surface area contributed by atoms with Crippen LogP contribution in [0.5, 0.6) is 0 Å². The third kappa shape index (κ3) is 5.43. The summed E-state index contributed by atoms with van der Waals surface area (Å²) in [6, 6.07) is 5.87. The molecule has 0 fully saturated rings.